The van der Waals surface area contributed by atoms with Crippen molar-refractivity contribution in [3.05, 3.63) is 35.9 Å². The third-order valence-corrected chi connectivity index (χ3v) is 5.01. The minimum absolute atomic E-state index is 0.0383. The predicted octanol–water partition coefficient (Wildman–Crippen LogP) is 5.08. The lowest BCUT2D eigenvalue weighted by Gasteiger charge is -2.09. The first kappa shape index (κ1) is 20.5. The Labute approximate surface area is 157 Å². The highest BCUT2D eigenvalue weighted by Gasteiger charge is 2.36. The molecule has 1 aliphatic heterocycles. The molecule has 0 unspecified atom stereocenters. The Balaban J connectivity index is 1.56. The zero-order valence-corrected chi connectivity index (χ0v) is 16.0. The van der Waals surface area contributed by atoms with Crippen molar-refractivity contribution >= 4 is 11.9 Å². The number of rotatable bonds is 12. The predicted molar refractivity (Wildman–Crippen MR) is 104 cm³/mol. The van der Waals surface area contributed by atoms with E-state index >= 15 is 0 Å². The minimum atomic E-state index is -0.508. The number of esters is 1. The number of unbranched alkanes of at least 4 members (excludes halogenated alkanes) is 8. The fourth-order valence-corrected chi connectivity index (χ4v) is 3.43. The summed E-state index contributed by atoms with van der Waals surface area (Å²) >= 11 is 0. The molecule has 0 bridgehead atoms. The number of benzene rings is 1. The van der Waals surface area contributed by atoms with E-state index < -0.39 is 6.04 Å². The number of nitrogens with one attached hydrogen (secondary N) is 1. The third-order valence-electron chi connectivity index (χ3n) is 5.01. The van der Waals surface area contributed by atoms with Crippen LogP contribution in [-0.4, -0.2) is 17.9 Å². The van der Waals surface area contributed by atoms with Gasteiger partial charge in [-0.05, 0) is 12.0 Å². The fourth-order valence-electron chi connectivity index (χ4n) is 3.43. The molecule has 1 aromatic rings. The number of carbonyl (C=O) groups is 2. The van der Waals surface area contributed by atoms with Crippen molar-refractivity contribution in [1.82, 2.24) is 5.32 Å². The highest BCUT2D eigenvalue weighted by atomic mass is 16.6. The van der Waals surface area contributed by atoms with E-state index in [2.05, 4.69) is 12.2 Å². The standard InChI is InChI=1S/C22H33NO3/c1-2-3-4-5-6-7-8-9-13-16-21(24)23-19-17-20(26-22(19)25)18-14-11-10-12-15-18/h10-12,14-15,19-20H,2-9,13,16-17H2,1H3,(H,23,24)/t19-,20+/m1/s1. The molecule has 1 aliphatic rings. The van der Waals surface area contributed by atoms with Crippen LogP contribution in [0.1, 0.15) is 89.2 Å². The van der Waals surface area contributed by atoms with Gasteiger partial charge >= 0.3 is 5.97 Å². The van der Waals surface area contributed by atoms with Gasteiger partial charge in [0.15, 0.2) is 0 Å². The van der Waals surface area contributed by atoms with Crippen molar-refractivity contribution in [3.63, 3.8) is 0 Å². The molecule has 2 rings (SSSR count). The summed E-state index contributed by atoms with van der Waals surface area (Å²) < 4.78 is 5.41. The van der Waals surface area contributed by atoms with Crippen LogP contribution in [0.2, 0.25) is 0 Å². The van der Waals surface area contributed by atoms with Crippen LogP contribution in [0.25, 0.3) is 0 Å². The average molecular weight is 360 g/mol. The lowest BCUT2D eigenvalue weighted by atomic mass is 10.0. The van der Waals surface area contributed by atoms with Gasteiger partial charge in [0, 0.05) is 12.8 Å². The molecular weight excluding hydrogens is 326 g/mol. The molecule has 1 saturated heterocycles. The van der Waals surface area contributed by atoms with Crippen LogP contribution in [0.5, 0.6) is 0 Å². The molecule has 0 radical (unpaired) electrons. The Kier molecular flexibility index (Phi) is 9.22. The van der Waals surface area contributed by atoms with E-state index in [9.17, 15) is 9.59 Å². The van der Waals surface area contributed by atoms with Gasteiger partial charge in [0.1, 0.15) is 12.1 Å². The van der Waals surface area contributed by atoms with Crippen LogP contribution in [0.3, 0.4) is 0 Å². The molecule has 0 aromatic heterocycles. The lowest BCUT2D eigenvalue weighted by Crippen LogP contribution is -2.37. The Bertz CT molecular complexity index is 544. The maximum absolute atomic E-state index is 12.1. The van der Waals surface area contributed by atoms with Gasteiger partial charge in [-0.2, -0.15) is 0 Å². The van der Waals surface area contributed by atoms with Crippen molar-refractivity contribution in [2.45, 2.75) is 89.7 Å². The fraction of sp³-hybridized carbons (Fsp3) is 0.636. The molecule has 4 nitrogen and oxygen atoms in total. The third kappa shape index (κ3) is 7.19. The highest BCUT2D eigenvalue weighted by molar-refractivity contribution is 5.85. The van der Waals surface area contributed by atoms with Gasteiger partial charge in [0.25, 0.3) is 0 Å². The zero-order valence-electron chi connectivity index (χ0n) is 16.0. The summed E-state index contributed by atoms with van der Waals surface area (Å²) in [5, 5.41) is 2.84. The van der Waals surface area contributed by atoms with Crippen molar-refractivity contribution in [3.8, 4) is 0 Å². The first-order chi connectivity index (χ1) is 12.7. The van der Waals surface area contributed by atoms with Gasteiger partial charge in [-0.3, -0.25) is 4.79 Å². The Morgan fingerprint density at radius 2 is 1.62 bits per heavy atom. The summed E-state index contributed by atoms with van der Waals surface area (Å²) in [6, 6.07) is 9.18. The van der Waals surface area contributed by atoms with Crippen molar-refractivity contribution < 1.29 is 14.3 Å². The number of ether oxygens (including phenoxy) is 1. The molecule has 26 heavy (non-hydrogen) atoms. The summed E-state index contributed by atoms with van der Waals surface area (Å²) in [7, 11) is 0. The average Bonchev–Trinajstić information content (AvgIpc) is 3.01. The number of hydrogen-bond donors (Lipinski definition) is 1. The van der Waals surface area contributed by atoms with Gasteiger partial charge in [0.05, 0.1) is 0 Å². The van der Waals surface area contributed by atoms with Crippen LogP contribution in [-0.2, 0) is 14.3 Å². The molecule has 0 aliphatic carbocycles. The van der Waals surface area contributed by atoms with Crippen LogP contribution < -0.4 is 5.32 Å². The number of carbonyl (C=O) groups excluding carboxylic acids is 2. The van der Waals surface area contributed by atoms with E-state index in [4.69, 9.17) is 4.74 Å². The largest absolute Gasteiger partial charge is 0.456 e. The molecule has 1 aromatic carbocycles. The maximum Gasteiger partial charge on any atom is 0.329 e. The van der Waals surface area contributed by atoms with Crippen molar-refractivity contribution in [2.24, 2.45) is 0 Å². The summed E-state index contributed by atoms with van der Waals surface area (Å²) in [5.41, 5.74) is 0.983. The van der Waals surface area contributed by atoms with Gasteiger partial charge in [-0.25, -0.2) is 4.79 Å². The molecule has 144 valence electrons. The number of cyclic esters (lactones) is 1. The second-order valence-electron chi connectivity index (χ2n) is 7.27. The minimum Gasteiger partial charge on any atom is -0.456 e. The lowest BCUT2D eigenvalue weighted by molar-refractivity contribution is -0.144. The molecular formula is C22H33NO3. The first-order valence-corrected chi connectivity index (χ1v) is 10.3. The summed E-state index contributed by atoms with van der Waals surface area (Å²) in [6.45, 7) is 2.23. The Morgan fingerprint density at radius 1 is 1.00 bits per heavy atom. The van der Waals surface area contributed by atoms with E-state index in [1.54, 1.807) is 0 Å². The molecule has 0 spiro atoms. The van der Waals surface area contributed by atoms with Gasteiger partial charge in [0.2, 0.25) is 5.91 Å². The highest BCUT2D eigenvalue weighted by Crippen LogP contribution is 2.29. The Hall–Kier alpha value is -1.84. The van der Waals surface area contributed by atoms with E-state index in [1.165, 1.54) is 44.9 Å². The molecule has 1 amide bonds. The molecule has 0 saturated carbocycles. The molecule has 2 atom stereocenters. The molecule has 1 heterocycles. The zero-order chi connectivity index (χ0) is 18.6. The second-order valence-corrected chi connectivity index (χ2v) is 7.27. The monoisotopic (exact) mass is 359 g/mol. The molecule has 1 fully saturated rings. The van der Waals surface area contributed by atoms with Crippen molar-refractivity contribution in [1.29, 1.82) is 0 Å². The smallest absolute Gasteiger partial charge is 0.329 e. The van der Waals surface area contributed by atoms with Gasteiger partial charge in [-0.15, -0.1) is 0 Å². The Morgan fingerprint density at radius 3 is 2.27 bits per heavy atom. The van der Waals surface area contributed by atoms with Crippen LogP contribution in [0, 0.1) is 0 Å². The van der Waals surface area contributed by atoms with Crippen LogP contribution in [0.15, 0.2) is 30.3 Å². The molecule has 1 N–H and O–H groups in total. The quantitative estimate of drug-likeness (QED) is 0.418. The van der Waals surface area contributed by atoms with Gasteiger partial charge in [-0.1, -0.05) is 88.6 Å². The first-order valence-electron chi connectivity index (χ1n) is 10.3. The van der Waals surface area contributed by atoms with Gasteiger partial charge < -0.3 is 10.1 Å². The summed E-state index contributed by atoms with van der Waals surface area (Å²) in [4.78, 5) is 24.1. The van der Waals surface area contributed by atoms with Crippen molar-refractivity contribution in [2.75, 3.05) is 0 Å². The van der Waals surface area contributed by atoms with Crippen LogP contribution >= 0.6 is 0 Å². The maximum atomic E-state index is 12.1. The normalized spacial score (nSPS) is 19.3. The van der Waals surface area contributed by atoms with E-state index in [-0.39, 0.29) is 18.0 Å². The van der Waals surface area contributed by atoms with E-state index in [0.29, 0.717) is 12.8 Å². The molecule has 4 heteroatoms. The number of amides is 1. The van der Waals surface area contributed by atoms with E-state index in [1.807, 2.05) is 30.3 Å². The number of hydrogen-bond acceptors (Lipinski definition) is 3. The summed E-state index contributed by atoms with van der Waals surface area (Å²) in [5.74, 6) is -0.358. The van der Waals surface area contributed by atoms with E-state index in [0.717, 1.165) is 18.4 Å². The summed E-state index contributed by atoms with van der Waals surface area (Å²) in [6.07, 6.45) is 11.8. The topological polar surface area (TPSA) is 55.4 Å². The van der Waals surface area contributed by atoms with Crippen LogP contribution in [0.4, 0.5) is 0 Å². The second kappa shape index (κ2) is 11.7. The SMILES string of the molecule is CCCCCCCCCCCC(=O)N[C@@H]1C[C@@H](c2ccccc2)OC1=O.